The number of rotatable bonds is 5. The van der Waals surface area contributed by atoms with Gasteiger partial charge in [0.2, 0.25) is 6.79 Å². The van der Waals surface area contributed by atoms with Gasteiger partial charge in [0.25, 0.3) is 5.91 Å². The summed E-state index contributed by atoms with van der Waals surface area (Å²) in [5, 5.41) is 2.91. The van der Waals surface area contributed by atoms with Crippen LogP contribution in [0.25, 0.3) is 11.1 Å². The van der Waals surface area contributed by atoms with Gasteiger partial charge in [-0.15, -0.1) is 0 Å². The van der Waals surface area contributed by atoms with Crippen molar-refractivity contribution in [3.63, 3.8) is 0 Å². The maximum absolute atomic E-state index is 12.3. The first-order valence-electron chi connectivity index (χ1n) is 8.26. The van der Waals surface area contributed by atoms with Crippen LogP contribution in [0.2, 0.25) is 0 Å². The molecule has 0 saturated carbocycles. The molecule has 0 unspecified atom stereocenters. The molecular formula is C21H17NO4. The second-order valence-electron chi connectivity index (χ2n) is 5.76. The first kappa shape index (κ1) is 16.0. The van der Waals surface area contributed by atoms with Crippen molar-refractivity contribution in [2.75, 3.05) is 18.7 Å². The fraction of sp³-hybridized carbons (Fsp3) is 0.0952. The molecule has 0 bridgehead atoms. The van der Waals surface area contributed by atoms with Crippen LogP contribution in [0.1, 0.15) is 0 Å². The molecule has 1 N–H and O–H groups in total. The Kier molecular flexibility index (Phi) is 4.43. The number of fused-ring (bicyclic) bond motifs is 1. The van der Waals surface area contributed by atoms with Gasteiger partial charge < -0.3 is 19.5 Å². The van der Waals surface area contributed by atoms with E-state index in [-0.39, 0.29) is 19.3 Å². The highest BCUT2D eigenvalue weighted by atomic mass is 16.7. The third-order valence-corrected chi connectivity index (χ3v) is 4.00. The normalized spacial score (nSPS) is 11.8. The molecule has 26 heavy (non-hydrogen) atoms. The van der Waals surface area contributed by atoms with Crippen molar-refractivity contribution < 1.29 is 19.0 Å². The zero-order valence-electron chi connectivity index (χ0n) is 14.0. The number of carbonyl (C=O) groups is 1. The molecule has 0 spiro atoms. The van der Waals surface area contributed by atoms with Gasteiger partial charge in [0, 0.05) is 17.3 Å². The maximum atomic E-state index is 12.3. The molecule has 1 aliphatic heterocycles. The number of hydrogen-bond donors (Lipinski definition) is 1. The van der Waals surface area contributed by atoms with Gasteiger partial charge in [-0.3, -0.25) is 4.79 Å². The number of carbonyl (C=O) groups excluding carboxylic acids is 1. The van der Waals surface area contributed by atoms with Crippen LogP contribution >= 0.6 is 0 Å². The van der Waals surface area contributed by atoms with Crippen LogP contribution in [0.15, 0.2) is 72.8 Å². The number of benzene rings is 3. The smallest absolute Gasteiger partial charge is 0.262 e. The number of amides is 1. The third-order valence-electron chi connectivity index (χ3n) is 4.00. The van der Waals surface area contributed by atoms with Gasteiger partial charge in [0.05, 0.1) is 0 Å². The summed E-state index contributed by atoms with van der Waals surface area (Å²) in [5.74, 6) is 1.63. The van der Waals surface area contributed by atoms with Crippen molar-refractivity contribution in [2.45, 2.75) is 0 Å². The number of anilines is 1. The molecule has 3 aromatic rings. The zero-order chi connectivity index (χ0) is 17.8. The van der Waals surface area contributed by atoms with E-state index in [2.05, 4.69) is 5.32 Å². The fourth-order valence-electron chi connectivity index (χ4n) is 2.76. The highest BCUT2D eigenvalue weighted by Crippen LogP contribution is 2.35. The first-order valence-corrected chi connectivity index (χ1v) is 8.26. The monoisotopic (exact) mass is 347 g/mol. The second kappa shape index (κ2) is 7.19. The summed E-state index contributed by atoms with van der Waals surface area (Å²) >= 11 is 0. The van der Waals surface area contributed by atoms with E-state index in [1.807, 2.05) is 54.6 Å². The average molecular weight is 347 g/mol. The molecule has 3 aromatic carbocycles. The Labute approximate surface area is 151 Å². The lowest BCUT2D eigenvalue weighted by molar-refractivity contribution is -0.118. The molecule has 0 saturated heterocycles. The van der Waals surface area contributed by atoms with Gasteiger partial charge in [-0.1, -0.05) is 48.5 Å². The standard InChI is InChI=1S/C21H17NO4/c23-21(13-24-16-10-11-19-20(12-16)26-14-25-19)22-18-9-5-4-8-17(18)15-6-2-1-3-7-15/h1-12H,13-14H2,(H,22,23). The average Bonchev–Trinajstić information content (AvgIpc) is 3.15. The molecule has 0 aromatic heterocycles. The Morgan fingerprint density at radius 1 is 0.923 bits per heavy atom. The Balaban J connectivity index is 1.43. The van der Waals surface area contributed by atoms with Crippen molar-refractivity contribution in [3.05, 3.63) is 72.8 Å². The third kappa shape index (κ3) is 3.47. The summed E-state index contributed by atoms with van der Waals surface area (Å²) in [6.07, 6.45) is 0. The SMILES string of the molecule is O=C(COc1ccc2c(c1)OCO2)Nc1ccccc1-c1ccccc1. The summed E-state index contributed by atoms with van der Waals surface area (Å²) in [6, 6.07) is 22.8. The van der Waals surface area contributed by atoms with E-state index >= 15 is 0 Å². The van der Waals surface area contributed by atoms with Crippen LogP contribution in [0.5, 0.6) is 17.2 Å². The highest BCUT2D eigenvalue weighted by molar-refractivity contribution is 5.96. The molecular weight excluding hydrogens is 330 g/mol. The molecule has 130 valence electrons. The van der Waals surface area contributed by atoms with E-state index in [9.17, 15) is 4.79 Å². The van der Waals surface area contributed by atoms with Crippen LogP contribution in [-0.2, 0) is 4.79 Å². The van der Waals surface area contributed by atoms with Crippen molar-refractivity contribution in [3.8, 4) is 28.4 Å². The minimum atomic E-state index is -0.231. The predicted molar refractivity (Wildman–Crippen MR) is 98.6 cm³/mol. The van der Waals surface area contributed by atoms with Gasteiger partial charge in [-0.25, -0.2) is 0 Å². The Bertz CT molecular complexity index is 924. The fourth-order valence-corrected chi connectivity index (χ4v) is 2.76. The molecule has 0 fully saturated rings. The number of nitrogens with one attached hydrogen (secondary N) is 1. The van der Waals surface area contributed by atoms with Crippen LogP contribution in [0.4, 0.5) is 5.69 Å². The lowest BCUT2D eigenvalue weighted by atomic mass is 10.0. The van der Waals surface area contributed by atoms with Crippen LogP contribution in [0.3, 0.4) is 0 Å². The molecule has 5 heteroatoms. The van der Waals surface area contributed by atoms with Crippen LogP contribution in [-0.4, -0.2) is 19.3 Å². The van der Waals surface area contributed by atoms with E-state index in [4.69, 9.17) is 14.2 Å². The summed E-state index contributed by atoms with van der Waals surface area (Å²) in [7, 11) is 0. The van der Waals surface area contributed by atoms with E-state index in [0.717, 1.165) is 16.8 Å². The molecule has 0 radical (unpaired) electrons. The maximum Gasteiger partial charge on any atom is 0.262 e. The Morgan fingerprint density at radius 3 is 2.58 bits per heavy atom. The Morgan fingerprint density at radius 2 is 1.69 bits per heavy atom. The largest absolute Gasteiger partial charge is 0.484 e. The molecule has 0 atom stereocenters. The van der Waals surface area contributed by atoms with E-state index < -0.39 is 0 Å². The zero-order valence-corrected chi connectivity index (χ0v) is 14.0. The Hall–Kier alpha value is -3.47. The molecule has 1 aliphatic rings. The predicted octanol–water partition coefficient (Wildman–Crippen LogP) is 4.10. The van der Waals surface area contributed by atoms with Crippen LogP contribution < -0.4 is 19.5 Å². The minimum absolute atomic E-state index is 0.0945. The summed E-state index contributed by atoms with van der Waals surface area (Å²) in [4.78, 5) is 12.3. The quantitative estimate of drug-likeness (QED) is 0.755. The molecule has 0 aliphatic carbocycles. The van der Waals surface area contributed by atoms with E-state index in [1.54, 1.807) is 18.2 Å². The second-order valence-corrected chi connectivity index (χ2v) is 5.76. The minimum Gasteiger partial charge on any atom is -0.484 e. The van der Waals surface area contributed by atoms with Gasteiger partial charge >= 0.3 is 0 Å². The number of hydrogen-bond acceptors (Lipinski definition) is 4. The summed E-state index contributed by atoms with van der Waals surface area (Å²) < 4.78 is 16.1. The highest BCUT2D eigenvalue weighted by Gasteiger charge is 2.14. The molecule has 4 rings (SSSR count). The molecule has 5 nitrogen and oxygen atoms in total. The first-order chi connectivity index (χ1) is 12.8. The van der Waals surface area contributed by atoms with Crippen LogP contribution in [0, 0.1) is 0 Å². The van der Waals surface area contributed by atoms with Crippen molar-refractivity contribution in [2.24, 2.45) is 0 Å². The van der Waals surface area contributed by atoms with Crippen molar-refractivity contribution >= 4 is 11.6 Å². The van der Waals surface area contributed by atoms with Crippen molar-refractivity contribution in [1.29, 1.82) is 0 Å². The number of ether oxygens (including phenoxy) is 3. The molecule has 1 heterocycles. The van der Waals surface area contributed by atoms with Crippen molar-refractivity contribution in [1.82, 2.24) is 0 Å². The summed E-state index contributed by atoms with van der Waals surface area (Å²) in [5.41, 5.74) is 2.75. The lowest BCUT2D eigenvalue weighted by Crippen LogP contribution is -2.20. The lowest BCUT2D eigenvalue weighted by Gasteiger charge is -2.12. The molecule has 1 amide bonds. The van der Waals surface area contributed by atoms with Gasteiger partial charge in [-0.2, -0.15) is 0 Å². The number of para-hydroxylation sites is 1. The topological polar surface area (TPSA) is 56.8 Å². The van der Waals surface area contributed by atoms with Gasteiger partial charge in [-0.05, 0) is 23.8 Å². The van der Waals surface area contributed by atoms with E-state index in [0.29, 0.717) is 17.2 Å². The summed E-state index contributed by atoms with van der Waals surface area (Å²) in [6.45, 7) is 0.109. The van der Waals surface area contributed by atoms with E-state index in [1.165, 1.54) is 0 Å². The van der Waals surface area contributed by atoms with Gasteiger partial charge in [0.15, 0.2) is 18.1 Å². The van der Waals surface area contributed by atoms with Gasteiger partial charge in [0.1, 0.15) is 5.75 Å².